The van der Waals surface area contributed by atoms with Gasteiger partial charge in [0.2, 0.25) is 0 Å². The predicted molar refractivity (Wildman–Crippen MR) is 65.4 cm³/mol. The molecule has 0 bridgehead atoms. The van der Waals surface area contributed by atoms with Crippen LogP contribution in [0.4, 0.5) is 4.79 Å². The Balaban J connectivity index is 2.17. The Hall–Kier alpha value is -2.29. The number of cyclic esters (lactones) is 1. The van der Waals surface area contributed by atoms with Crippen molar-refractivity contribution in [2.45, 2.75) is 6.04 Å². The number of carbonyl (C=O) groups excluding carboxylic acids is 1. The highest BCUT2D eigenvalue weighted by molar-refractivity contribution is 5.87. The highest BCUT2D eigenvalue weighted by atomic mass is 16.6. The summed E-state index contributed by atoms with van der Waals surface area (Å²) in [5, 5.41) is 4.99. The lowest BCUT2D eigenvalue weighted by Gasteiger charge is -2.12. The van der Waals surface area contributed by atoms with Gasteiger partial charge in [0.15, 0.2) is 0 Å². The van der Waals surface area contributed by atoms with Gasteiger partial charge in [-0.3, -0.25) is 0 Å². The van der Waals surface area contributed by atoms with Crippen LogP contribution in [0.25, 0.3) is 10.8 Å². The van der Waals surface area contributed by atoms with E-state index in [2.05, 4.69) is 11.9 Å². The summed E-state index contributed by atoms with van der Waals surface area (Å²) >= 11 is 0. The molecule has 2 aromatic rings. The van der Waals surface area contributed by atoms with Crippen LogP contribution in [0, 0.1) is 0 Å². The molecule has 1 saturated heterocycles. The Bertz CT molecular complexity index is 613. The fourth-order valence-corrected chi connectivity index (χ4v) is 2.16. The van der Waals surface area contributed by atoms with Crippen molar-refractivity contribution in [3.63, 3.8) is 0 Å². The lowest BCUT2D eigenvalue weighted by molar-refractivity contribution is 0.195. The summed E-state index contributed by atoms with van der Waals surface area (Å²) in [6.07, 6.45) is -0.437. The number of alkyl carbamates (subject to hydrolysis) is 1. The molecule has 3 heteroatoms. The molecule has 1 atom stereocenters. The maximum atomic E-state index is 11.2. The molecule has 3 rings (SSSR count). The van der Waals surface area contributed by atoms with Gasteiger partial charge in [0.25, 0.3) is 0 Å². The Morgan fingerprint density at radius 1 is 1.12 bits per heavy atom. The zero-order chi connectivity index (χ0) is 11.8. The van der Waals surface area contributed by atoms with Gasteiger partial charge in [-0.2, -0.15) is 0 Å². The first kappa shape index (κ1) is 9.90. The van der Waals surface area contributed by atoms with E-state index in [1.807, 2.05) is 42.5 Å². The number of fused-ring (bicyclic) bond motifs is 1. The van der Waals surface area contributed by atoms with Crippen LogP contribution >= 0.6 is 0 Å². The summed E-state index contributed by atoms with van der Waals surface area (Å²) in [7, 11) is 0. The molecule has 1 N–H and O–H groups in total. The molecule has 1 aliphatic rings. The maximum Gasteiger partial charge on any atom is 0.413 e. The molecule has 17 heavy (non-hydrogen) atoms. The molecule has 0 aliphatic carbocycles. The molecule has 0 aromatic heterocycles. The van der Waals surface area contributed by atoms with Crippen molar-refractivity contribution >= 4 is 16.9 Å². The van der Waals surface area contributed by atoms with Crippen LogP contribution in [0.2, 0.25) is 0 Å². The number of rotatable bonds is 1. The molecule has 0 saturated carbocycles. The molecule has 2 aromatic carbocycles. The average Bonchev–Trinajstić information content (AvgIpc) is 2.68. The third kappa shape index (κ3) is 1.56. The first-order valence-electron chi connectivity index (χ1n) is 5.40. The lowest BCUT2D eigenvalue weighted by atomic mass is 9.98. The summed E-state index contributed by atoms with van der Waals surface area (Å²) in [6.45, 7) is 3.76. The van der Waals surface area contributed by atoms with E-state index in [9.17, 15) is 4.79 Å². The average molecular weight is 225 g/mol. The van der Waals surface area contributed by atoms with Gasteiger partial charge in [0.1, 0.15) is 11.8 Å². The Labute approximate surface area is 98.7 Å². The van der Waals surface area contributed by atoms with E-state index in [0.717, 1.165) is 16.3 Å². The van der Waals surface area contributed by atoms with Gasteiger partial charge < -0.3 is 10.1 Å². The number of hydrogen-bond donors (Lipinski definition) is 1. The summed E-state index contributed by atoms with van der Waals surface area (Å²) in [5.74, 6) is 0.450. The molecular formula is C14H11NO2. The molecule has 84 valence electrons. The number of hydrogen-bond acceptors (Lipinski definition) is 2. The van der Waals surface area contributed by atoms with Crippen LogP contribution in [0.5, 0.6) is 0 Å². The van der Waals surface area contributed by atoms with Crippen LogP contribution in [-0.4, -0.2) is 6.09 Å². The van der Waals surface area contributed by atoms with Crippen molar-refractivity contribution in [2.24, 2.45) is 0 Å². The smallest absolute Gasteiger partial charge is 0.413 e. The summed E-state index contributed by atoms with van der Waals surface area (Å²) in [6, 6.07) is 13.8. The minimum absolute atomic E-state index is 0.256. The van der Waals surface area contributed by atoms with E-state index in [1.54, 1.807) is 0 Å². The van der Waals surface area contributed by atoms with Gasteiger partial charge in [-0.25, -0.2) is 4.79 Å². The molecule has 1 amide bonds. The zero-order valence-corrected chi connectivity index (χ0v) is 9.14. The first-order chi connectivity index (χ1) is 8.25. The maximum absolute atomic E-state index is 11.2. The molecule has 0 radical (unpaired) electrons. The third-order valence-corrected chi connectivity index (χ3v) is 2.94. The number of carbonyl (C=O) groups is 1. The Morgan fingerprint density at radius 2 is 1.88 bits per heavy atom. The number of ether oxygens (including phenoxy) is 1. The number of amides is 1. The minimum Gasteiger partial charge on any atom is -0.413 e. The van der Waals surface area contributed by atoms with Crippen LogP contribution < -0.4 is 5.32 Å². The van der Waals surface area contributed by atoms with Crippen molar-refractivity contribution in [1.82, 2.24) is 5.32 Å². The number of benzene rings is 2. The van der Waals surface area contributed by atoms with Crippen molar-refractivity contribution in [3.8, 4) is 0 Å². The largest absolute Gasteiger partial charge is 0.413 e. The van der Waals surface area contributed by atoms with Gasteiger partial charge in [-0.05, 0) is 16.3 Å². The zero-order valence-electron chi connectivity index (χ0n) is 9.14. The molecule has 1 heterocycles. The minimum atomic E-state index is -0.437. The monoisotopic (exact) mass is 225 g/mol. The molecule has 1 fully saturated rings. The lowest BCUT2D eigenvalue weighted by Crippen LogP contribution is -2.18. The van der Waals surface area contributed by atoms with E-state index < -0.39 is 6.09 Å². The predicted octanol–water partition coefficient (Wildman–Crippen LogP) is 3.13. The summed E-state index contributed by atoms with van der Waals surface area (Å²) < 4.78 is 4.93. The second-order valence-corrected chi connectivity index (χ2v) is 4.00. The van der Waals surface area contributed by atoms with Crippen LogP contribution in [0.15, 0.2) is 54.8 Å². The van der Waals surface area contributed by atoms with E-state index >= 15 is 0 Å². The van der Waals surface area contributed by atoms with E-state index in [4.69, 9.17) is 4.74 Å². The fraction of sp³-hybridized carbons (Fsp3) is 0.0714. The SMILES string of the molecule is C=C1OC(=O)NC1c1cccc2ccccc12. The Kier molecular flexibility index (Phi) is 2.11. The highest BCUT2D eigenvalue weighted by Crippen LogP contribution is 2.31. The van der Waals surface area contributed by atoms with E-state index in [-0.39, 0.29) is 6.04 Å². The number of nitrogens with one attached hydrogen (secondary N) is 1. The van der Waals surface area contributed by atoms with Crippen molar-refractivity contribution < 1.29 is 9.53 Å². The molecule has 3 nitrogen and oxygen atoms in total. The second kappa shape index (κ2) is 3.63. The van der Waals surface area contributed by atoms with Gasteiger partial charge in [-0.1, -0.05) is 49.0 Å². The van der Waals surface area contributed by atoms with Crippen molar-refractivity contribution in [2.75, 3.05) is 0 Å². The van der Waals surface area contributed by atoms with Gasteiger partial charge >= 0.3 is 6.09 Å². The van der Waals surface area contributed by atoms with Gasteiger partial charge in [0, 0.05) is 0 Å². The van der Waals surface area contributed by atoms with Crippen LogP contribution in [0.1, 0.15) is 11.6 Å². The normalized spacial score (nSPS) is 19.2. The van der Waals surface area contributed by atoms with Crippen LogP contribution in [-0.2, 0) is 4.74 Å². The molecular weight excluding hydrogens is 214 g/mol. The van der Waals surface area contributed by atoms with Crippen molar-refractivity contribution in [1.29, 1.82) is 0 Å². The molecule has 1 unspecified atom stereocenters. The second-order valence-electron chi connectivity index (χ2n) is 4.00. The van der Waals surface area contributed by atoms with Crippen molar-refractivity contribution in [3.05, 3.63) is 60.4 Å². The van der Waals surface area contributed by atoms with Gasteiger partial charge in [0.05, 0.1) is 0 Å². The van der Waals surface area contributed by atoms with E-state index in [1.165, 1.54) is 0 Å². The van der Waals surface area contributed by atoms with Gasteiger partial charge in [-0.15, -0.1) is 0 Å². The topological polar surface area (TPSA) is 38.3 Å². The summed E-state index contributed by atoms with van der Waals surface area (Å²) in [4.78, 5) is 11.2. The standard InChI is InChI=1S/C14H11NO2/c1-9-13(15-14(16)17-9)12-8-4-6-10-5-2-3-7-11(10)12/h2-8,13H,1H2,(H,15,16). The Morgan fingerprint density at radius 3 is 2.65 bits per heavy atom. The first-order valence-corrected chi connectivity index (χ1v) is 5.40. The molecule has 1 aliphatic heterocycles. The quantitative estimate of drug-likeness (QED) is 0.809. The summed E-state index contributed by atoms with van der Waals surface area (Å²) in [5.41, 5.74) is 1.01. The molecule has 0 spiro atoms. The van der Waals surface area contributed by atoms with E-state index in [0.29, 0.717) is 5.76 Å². The van der Waals surface area contributed by atoms with Crippen LogP contribution in [0.3, 0.4) is 0 Å². The fourth-order valence-electron chi connectivity index (χ4n) is 2.16. The third-order valence-electron chi connectivity index (χ3n) is 2.94. The highest BCUT2D eigenvalue weighted by Gasteiger charge is 2.29.